The largest absolute Gasteiger partial charge is 0.355 e. The quantitative estimate of drug-likeness (QED) is 0.706. The van der Waals surface area contributed by atoms with Crippen molar-refractivity contribution in [3.63, 3.8) is 0 Å². The average molecular weight is 384 g/mol. The number of nitrogens with one attached hydrogen (secondary N) is 2. The number of anilines is 1. The minimum Gasteiger partial charge on any atom is -0.355 e. The van der Waals surface area contributed by atoms with Crippen LogP contribution in [0.15, 0.2) is 53.6 Å². The Bertz CT molecular complexity index is 761. The van der Waals surface area contributed by atoms with E-state index in [4.69, 9.17) is 0 Å². The Balaban J connectivity index is 1.52. The Hall–Kier alpha value is -2.34. The molecule has 2 amide bonds. The Morgan fingerprint density at radius 3 is 2.59 bits per heavy atom. The number of carbonyl (C=O) groups excluding carboxylic acids is 2. The van der Waals surface area contributed by atoms with Crippen LogP contribution >= 0.6 is 11.8 Å². The number of aromatic nitrogens is 1. The molecule has 5 nitrogen and oxygen atoms in total. The molecule has 1 aromatic carbocycles. The molecule has 1 heterocycles. The lowest BCUT2D eigenvalue weighted by Crippen LogP contribution is -2.31. The molecule has 6 heteroatoms. The molecule has 1 aromatic heterocycles. The van der Waals surface area contributed by atoms with E-state index in [2.05, 4.69) is 15.6 Å². The van der Waals surface area contributed by atoms with Gasteiger partial charge in [0, 0.05) is 17.6 Å². The van der Waals surface area contributed by atoms with Crippen LogP contribution in [0.4, 0.5) is 5.82 Å². The van der Waals surface area contributed by atoms with E-state index in [9.17, 15) is 9.59 Å². The van der Waals surface area contributed by atoms with E-state index >= 15 is 0 Å². The molecule has 2 aromatic rings. The molecule has 3 rings (SSSR count). The van der Waals surface area contributed by atoms with Gasteiger partial charge < -0.3 is 10.6 Å². The topological polar surface area (TPSA) is 71.1 Å². The number of thioether (sulfide) groups is 1. The number of rotatable bonds is 7. The number of pyridine rings is 1. The van der Waals surface area contributed by atoms with E-state index in [1.807, 2.05) is 24.3 Å². The van der Waals surface area contributed by atoms with Crippen LogP contribution in [0, 0.1) is 5.92 Å². The Labute approximate surface area is 164 Å². The Morgan fingerprint density at radius 1 is 1.04 bits per heavy atom. The molecule has 2 N–H and O–H groups in total. The maximum absolute atomic E-state index is 12.5. The SMILES string of the molecule is O=C(CSc1ccccc1C(=O)Nc1ccccn1)NCC1CCCCC1. The average Bonchev–Trinajstić information content (AvgIpc) is 2.72. The first kappa shape index (κ1) is 19.4. The van der Waals surface area contributed by atoms with Crippen molar-refractivity contribution in [3.8, 4) is 0 Å². The third-order valence-corrected chi connectivity index (χ3v) is 5.78. The zero-order valence-corrected chi connectivity index (χ0v) is 16.1. The third kappa shape index (κ3) is 6.10. The van der Waals surface area contributed by atoms with Crippen molar-refractivity contribution >= 4 is 29.4 Å². The number of nitrogens with zero attached hydrogens (tertiary/aromatic N) is 1. The third-order valence-electron chi connectivity index (χ3n) is 4.71. The molecular weight excluding hydrogens is 358 g/mol. The minimum absolute atomic E-state index is 0.0190. The van der Waals surface area contributed by atoms with Gasteiger partial charge in [0.1, 0.15) is 5.82 Å². The Morgan fingerprint density at radius 2 is 1.81 bits per heavy atom. The van der Waals surface area contributed by atoms with Gasteiger partial charge in [0.15, 0.2) is 0 Å². The van der Waals surface area contributed by atoms with Crippen molar-refractivity contribution in [2.24, 2.45) is 5.92 Å². The van der Waals surface area contributed by atoms with Crippen LogP contribution in [0.1, 0.15) is 42.5 Å². The highest BCUT2D eigenvalue weighted by Gasteiger charge is 2.16. The van der Waals surface area contributed by atoms with Gasteiger partial charge in [-0.3, -0.25) is 9.59 Å². The fraction of sp³-hybridized carbons (Fsp3) is 0.381. The van der Waals surface area contributed by atoms with Crippen molar-refractivity contribution in [1.29, 1.82) is 0 Å². The summed E-state index contributed by atoms with van der Waals surface area (Å²) in [7, 11) is 0. The molecule has 142 valence electrons. The summed E-state index contributed by atoms with van der Waals surface area (Å²) in [5.41, 5.74) is 0.549. The summed E-state index contributed by atoms with van der Waals surface area (Å²) in [4.78, 5) is 29.6. The molecule has 1 aliphatic rings. The lowest BCUT2D eigenvalue weighted by Gasteiger charge is -2.21. The van der Waals surface area contributed by atoms with Crippen molar-refractivity contribution < 1.29 is 9.59 Å². The van der Waals surface area contributed by atoms with Gasteiger partial charge in [-0.2, -0.15) is 0 Å². The smallest absolute Gasteiger partial charge is 0.257 e. The highest BCUT2D eigenvalue weighted by molar-refractivity contribution is 8.00. The van der Waals surface area contributed by atoms with Crippen LogP contribution in [0.5, 0.6) is 0 Å². The van der Waals surface area contributed by atoms with Crippen molar-refractivity contribution in [3.05, 3.63) is 54.2 Å². The molecule has 0 saturated heterocycles. The van der Waals surface area contributed by atoms with Crippen molar-refractivity contribution in [2.75, 3.05) is 17.6 Å². The molecule has 1 fully saturated rings. The molecule has 0 aliphatic heterocycles. The van der Waals surface area contributed by atoms with E-state index in [-0.39, 0.29) is 11.8 Å². The van der Waals surface area contributed by atoms with Crippen LogP contribution in [0.3, 0.4) is 0 Å². The number of benzene rings is 1. The standard InChI is InChI=1S/C21H25N3O2S/c25-20(23-14-16-8-2-1-3-9-16)15-27-18-11-5-4-10-17(18)21(26)24-19-12-6-7-13-22-19/h4-7,10-13,16H,1-3,8-9,14-15H2,(H,23,25)(H,22,24,26). The van der Waals surface area contributed by atoms with E-state index < -0.39 is 0 Å². The van der Waals surface area contributed by atoms with Gasteiger partial charge in [0.25, 0.3) is 5.91 Å². The molecule has 0 bridgehead atoms. The normalized spacial score (nSPS) is 14.5. The second kappa shape index (κ2) is 10.1. The van der Waals surface area contributed by atoms with Gasteiger partial charge >= 0.3 is 0 Å². The molecule has 0 spiro atoms. The maximum atomic E-state index is 12.5. The summed E-state index contributed by atoms with van der Waals surface area (Å²) in [6.07, 6.45) is 7.92. The first-order valence-corrected chi connectivity index (χ1v) is 10.4. The summed E-state index contributed by atoms with van der Waals surface area (Å²) in [5.74, 6) is 1.22. The molecule has 0 atom stereocenters. The van der Waals surface area contributed by atoms with Crippen molar-refractivity contribution in [2.45, 2.75) is 37.0 Å². The first-order valence-electron chi connectivity index (χ1n) is 9.43. The summed E-state index contributed by atoms with van der Waals surface area (Å²) in [6.45, 7) is 0.765. The van der Waals surface area contributed by atoms with Crippen LogP contribution in [0.2, 0.25) is 0 Å². The van der Waals surface area contributed by atoms with Gasteiger partial charge in [-0.05, 0) is 43.0 Å². The fourth-order valence-corrected chi connectivity index (χ4v) is 4.12. The van der Waals surface area contributed by atoms with Gasteiger partial charge in [-0.15, -0.1) is 11.8 Å². The highest BCUT2D eigenvalue weighted by Crippen LogP contribution is 2.24. The summed E-state index contributed by atoms with van der Waals surface area (Å²) < 4.78 is 0. The molecule has 0 unspecified atom stereocenters. The Kier molecular flexibility index (Phi) is 7.27. The van der Waals surface area contributed by atoms with E-state index in [0.29, 0.717) is 23.1 Å². The fourth-order valence-electron chi connectivity index (χ4n) is 3.24. The van der Waals surface area contributed by atoms with E-state index in [1.165, 1.54) is 43.9 Å². The molecule has 1 saturated carbocycles. The lowest BCUT2D eigenvalue weighted by atomic mass is 9.89. The maximum Gasteiger partial charge on any atom is 0.257 e. The van der Waals surface area contributed by atoms with Gasteiger partial charge in [0.05, 0.1) is 11.3 Å². The van der Waals surface area contributed by atoms with Crippen molar-refractivity contribution in [1.82, 2.24) is 10.3 Å². The van der Waals surface area contributed by atoms with Gasteiger partial charge in [-0.25, -0.2) is 4.98 Å². The predicted octanol–water partition coefficient (Wildman–Crippen LogP) is 4.12. The summed E-state index contributed by atoms with van der Waals surface area (Å²) in [5, 5.41) is 5.83. The van der Waals surface area contributed by atoms with Crippen LogP contribution in [-0.4, -0.2) is 29.1 Å². The molecule has 27 heavy (non-hydrogen) atoms. The van der Waals surface area contributed by atoms with Gasteiger partial charge in [0.2, 0.25) is 5.91 Å². The zero-order chi connectivity index (χ0) is 18.9. The second-order valence-electron chi connectivity index (χ2n) is 6.76. The number of hydrogen-bond donors (Lipinski definition) is 2. The zero-order valence-electron chi connectivity index (χ0n) is 15.3. The van der Waals surface area contributed by atoms with E-state index in [1.54, 1.807) is 24.4 Å². The summed E-state index contributed by atoms with van der Waals surface area (Å²) >= 11 is 1.39. The summed E-state index contributed by atoms with van der Waals surface area (Å²) in [6, 6.07) is 12.7. The molecule has 0 radical (unpaired) electrons. The molecule has 1 aliphatic carbocycles. The van der Waals surface area contributed by atoms with Crippen LogP contribution < -0.4 is 10.6 Å². The lowest BCUT2D eigenvalue weighted by molar-refractivity contribution is -0.118. The van der Waals surface area contributed by atoms with Crippen LogP contribution in [0.25, 0.3) is 0 Å². The first-order chi connectivity index (χ1) is 13.2. The predicted molar refractivity (Wildman–Crippen MR) is 109 cm³/mol. The molecular formula is C21H25N3O2S. The van der Waals surface area contributed by atoms with E-state index in [0.717, 1.165) is 11.4 Å². The van der Waals surface area contributed by atoms with Gasteiger partial charge in [-0.1, -0.05) is 37.5 Å². The monoisotopic (exact) mass is 383 g/mol. The number of carbonyl (C=O) groups is 2. The second-order valence-corrected chi connectivity index (χ2v) is 7.78. The number of amides is 2. The minimum atomic E-state index is -0.223. The highest BCUT2D eigenvalue weighted by atomic mass is 32.2. The number of hydrogen-bond acceptors (Lipinski definition) is 4. The van der Waals surface area contributed by atoms with Crippen LogP contribution in [-0.2, 0) is 4.79 Å².